The zero-order valence-corrected chi connectivity index (χ0v) is 13.1. The lowest BCUT2D eigenvalue weighted by atomic mass is 10.2. The van der Waals surface area contributed by atoms with Gasteiger partial charge >= 0.3 is 5.97 Å². The Morgan fingerprint density at radius 1 is 0.840 bits per heavy atom. The molecule has 0 radical (unpaired) electrons. The number of rotatable bonds is 5. The molecule has 0 saturated heterocycles. The Kier molecular flexibility index (Phi) is 5.04. The molecule has 5 heteroatoms. The van der Waals surface area contributed by atoms with Gasteiger partial charge in [0.2, 0.25) is 0 Å². The summed E-state index contributed by atoms with van der Waals surface area (Å²) in [6.07, 6.45) is 0. The smallest absolute Gasteiger partial charge is 0.346 e. The zero-order chi connectivity index (χ0) is 17.6. The number of carbonyl (C=O) groups excluding carboxylic acids is 1. The first kappa shape index (κ1) is 16.6. The number of ether oxygens (including phenoxy) is 2. The van der Waals surface area contributed by atoms with E-state index in [4.69, 9.17) is 9.47 Å². The summed E-state index contributed by atoms with van der Waals surface area (Å²) in [5.41, 5.74) is 0.704. The lowest BCUT2D eigenvalue weighted by Gasteiger charge is -2.08. The van der Waals surface area contributed by atoms with Crippen molar-refractivity contribution in [3.8, 4) is 11.5 Å². The normalized spacial score (nSPS) is 10.3. The largest absolute Gasteiger partial charge is 0.489 e. The van der Waals surface area contributed by atoms with E-state index in [-0.39, 0.29) is 11.3 Å². The van der Waals surface area contributed by atoms with E-state index in [0.29, 0.717) is 18.4 Å². The second kappa shape index (κ2) is 7.57. The standard InChI is InChI=1S/C20H14F2O3/c21-15-6-11-18(19(22)12-15)20(23)25-17-9-7-16(8-10-17)24-13-14-4-2-1-3-5-14/h1-12H,13H2. The van der Waals surface area contributed by atoms with Crippen molar-refractivity contribution in [1.82, 2.24) is 0 Å². The van der Waals surface area contributed by atoms with Gasteiger partial charge in [0, 0.05) is 6.07 Å². The molecule has 0 aliphatic heterocycles. The molecule has 0 heterocycles. The van der Waals surface area contributed by atoms with Crippen LogP contribution in [0.15, 0.2) is 72.8 Å². The molecule has 0 aliphatic rings. The third-order valence-corrected chi connectivity index (χ3v) is 3.43. The molecule has 0 aliphatic carbocycles. The van der Waals surface area contributed by atoms with Crippen LogP contribution in [-0.2, 0) is 6.61 Å². The molecular weight excluding hydrogens is 326 g/mol. The van der Waals surface area contributed by atoms with Crippen molar-refractivity contribution in [1.29, 1.82) is 0 Å². The predicted octanol–water partition coefficient (Wildman–Crippen LogP) is 4.76. The van der Waals surface area contributed by atoms with Crippen molar-refractivity contribution in [3.05, 3.63) is 95.6 Å². The number of carbonyl (C=O) groups is 1. The number of halogens is 2. The third kappa shape index (κ3) is 4.41. The highest BCUT2D eigenvalue weighted by atomic mass is 19.1. The van der Waals surface area contributed by atoms with Crippen LogP contribution in [0.3, 0.4) is 0 Å². The topological polar surface area (TPSA) is 35.5 Å². The van der Waals surface area contributed by atoms with Crippen molar-refractivity contribution in [2.75, 3.05) is 0 Å². The van der Waals surface area contributed by atoms with Crippen LogP contribution in [0.2, 0.25) is 0 Å². The van der Waals surface area contributed by atoms with Crippen molar-refractivity contribution >= 4 is 5.97 Å². The Bertz CT molecular complexity index is 862. The van der Waals surface area contributed by atoms with E-state index in [2.05, 4.69) is 0 Å². The van der Waals surface area contributed by atoms with E-state index in [1.54, 1.807) is 24.3 Å². The van der Waals surface area contributed by atoms with Crippen LogP contribution in [0.25, 0.3) is 0 Å². The highest BCUT2D eigenvalue weighted by Gasteiger charge is 2.14. The first-order chi connectivity index (χ1) is 12.1. The fourth-order valence-electron chi connectivity index (χ4n) is 2.16. The maximum Gasteiger partial charge on any atom is 0.346 e. The summed E-state index contributed by atoms with van der Waals surface area (Å²) in [6.45, 7) is 0.417. The van der Waals surface area contributed by atoms with Crippen LogP contribution in [0.5, 0.6) is 11.5 Å². The molecular formula is C20H14F2O3. The van der Waals surface area contributed by atoms with Gasteiger partial charge < -0.3 is 9.47 Å². The van der Waals surface area contributed by atoms with Gasteiger partial charge in [0.25, 0.3) is 0 Å². The second-order valence-electron chi connectivity index (χ2n) is 5.26. The van der Waals surface area contributed by atoms with Gasteiger partial charge in [0.1, 0.15) is 29.7 Å². The van der Waals surface area contributed by atoms with Crippen LogP contribution >= 0.6 is 0 Å². The molecule has 0 spiro atoms. The number of hydrogen-bond donors (Lipinski definition) is 0. The van der Waals surface area contributed by atoms with Gasteiger partial charge in [-0.15, -0.1) is 0 Å². The molecule has 25 heavy (non-hydrogen) atoms. The Morgan fingerprint density at radius 3 is 2.20 bits per heavy atom. The molecule has 3 nitrogen and oxygen atoms in total. The summed E-state index contributed by atoms with van der Waals surface area (Å²) in [5.74, 6) is -1.77. The summed E-state index contributed by atoms with van der Waals surface area (Å²) in [7, 11) is 0. The summed E-state index contributed by atoms with van der Waals surface area (Å²) in [5, 5.41) is 0. The predicted molar refractivity (Wildman–Crippen MR) is 88.5 cm³/mol. The van der Waals surface area contributed by atoms with Gasteiger partial charge in [0.15, 0.2) is 0 Å². The highest BCUT2D eigenvalue weighted by Crippen LogP contribution is 2.20. The Morgan fingerprint density at radius 2 is 1.52 bits per heavy atom. The molecule has 0 amide bonds. The van der Waals surface area contributed by atoms with Gasteiger partial charge in [-0.1, -0.05) is 30.3 Å². The molecule has 3 aromatic rings. The molecule has 0 N–H and O–H groups in total. The van der Waals surface area contributed by atoms with Gasteiger partial charge in [-0.3, -0.25) is 0 Å². The number of esters is 1. The van der Waals surface area contributed by atoms with Crippen LogP contribution < -0.4 is 9.47 Å². The Hall–Kier alpha value is -3.21. The van der Waals surface area contributed by atoms with E-state index in [0.717, 1.165) is 17.7 Å². The average Bonchev–Trinajstić information content (AvgIpc) is 2.62. The van der Waals surface area contributed by atoms with E-state index in [1.807, 2.05) is 30.3 Å². The van der Waals surface area contributed by atoms with Crippen molar-refractivity contribution < 1.29 is 23.0 Å². The first-order valence-electron chi connectivity index (χ1n) is 7.56. The van der Waals surface area contributed by atoms with E-state index < -0.39 is 17.6 Å². The van der Waals surface area contributed by atoms with Crippen LogP contribution in [0.1, 0.15) is 15.9 Å². The summed E-state index contributed by atoms with van der Waals surface area (Å²) >= 11 is 0. The van der Waals surface area contributed by atoms with E-state index >= 15 is 0 Å². The van der Waals surface area contributed by atoms with Crippen molar-refractivity contribution in [2.45, 2.75) is 6.61 Å². The molecule has 3 rings (SSSR count). The van der Waals surface area contributed by atoms with Crippen LogP contribution in [0, 0.1) is 11.6 Å². The van der Waals surface area contributed by atoms with Crippen molar-refractivity contribution in [2.24, 2.45) is 0 Å². The minimum absolute atomic E-state index is 0.237. The second-order valence-corrected chi connectivity index (χ2v) is 5.26. The third-order valence-electron chi connectivity index (χ3n) is 3.43. The molecule has 0 aromatic heterocycles. The van der Waals surface area contributed by atoms with Gasteiger partial charge in [-0.2, -0.15) is 0 Å². The SMILES string of the molecule is O=C(Oc1ccc(OCc2ccccc2)cc1)c1ccc(F)cc1F. The first-order valence-corrected chi connectivity index (χ1v) is 7.56. The Balaban J connectivity index is 1.61. The molecule has 0 fully saturated rings. The number of hydrogen-bond acceptors (Lipinski definition) is 3. The van der Waals surface area contributed by atoms with E-state index in [1.165, 1.54) is 0 Å². The maximum absolute atomic E-state index is 13.6. The molecule has 0 bridgehead atoms. The van der Waals surface area contributed by atoms with Crippen molar-refractivity contribution in [3.63, 3.8) is 0 Å². The quantitative estimate of drug-likeness (QED) is 0.496. The fourth-order valence-corrected chi connectivity index (χ4v) is 2.16. The molecule has 3 aromatic carbocycles. The lowest BCUT2D eigenvalue weighted by molar-refractivity contribution is 0.0729. The lowest BCUT2D eigenvalue weighted by Crippen LogP contribution is -2.10. The average molecular weight is 340 g/mol. The molecule has 126 valence electrons. The molecule has 0 atom stereocenters. The summed E-state index contributed by atoms with van der Waals surface area (Å²) < 4.78 is 37.1. The number of benzene rings is 3. The van der Waals surface area contributed by atoms with Crippen LogP contribution in [-0.4, -0.2) is 5.97 Å². The molecule has 0 saturated carbocycles. The fraction of sp³-hybridized carbons (Fsp3) is 0.0500. The maximum atomic E-state index is 13.6. The zero-order valence-electron chi connectivity index (χ0n) is 13.1. The summed E-state index contributed by atoms with van der Waals surface area (Å²) in [6, 6.07) is 18.7. The van der Waals surface area contributed by atoms with Gasteiger partial charge in [0.05, 0.1) is 5.56 Å². The van der Waals surface area contributed by atoms with E-state index in [9.17, 15) is 13.6 Å². The van der Waals surface area contributed by atoms with Crippen LogP contribution in [0.4, 0.5) is 8.78 Å². The highest BCUT2D eigenvalue weighted by molar-refractivity contribution is 5.91. The molecule has 0 unspecified atom stereocenters. The minimum atomic E-state index is -0.965. The van der Waals surface area contributed by atoms with Gasteiger partial charge in [-0.25, -0.2) is 13.6 Å². The Labute approximate surface area is 143 Å². The summed E-state index contributed by atoms with van der Waals surface area (Å²) in [4.78, 5) is 11.9. The minimum Gasteiger partial charge on any atom is -0.489 e. The monoisotopic (exact) mass is 340 g/mol. The van der Waals surface area contributed by atoms with Gasteiger partial charge in [-0.05, 0) is 42.0 Å².